The first-order chi connectivity index (χ1) is 7.18. The summed E-state index contributed by atoms with van der Waals surface area (Å²) in [7, 11) is 0. The maximum Gasteiger partial charge on any atom is 0.196 e. The Morgan fingerprint density at radius 3 is 2.60 bits per heavy atom. The Balaban J connectivity index is 2.39. The number of ketones is 1. The highest BCUT2D eigenvalue weighted by molar-refractivity contribution is 6.08. The highest BCUT2D eigenvalue weighted by Crippen LogP contribution is 2.13. The molecule has 0 bridgehead atoms. The minimum atomic E-state index is 0.00634. The number of hydrogen-bond donors (Lipinski definition) is 1. The second kappa shape index (κ2) is 3.69. The number of hydrogen-bond acceptors (Lipinski definition) is 2. The SMILES string of the molecule is Cc1ccc(C(=O)c2cn[nH]c2)cc1C. The molecule has 0 spiro atoms. The van der Waals surface area contributed by atoms with E-state index in [1.54, 1.807) is 6.20 Å². The molecule has 1 N–H and O–H groups in total. The predicted octanol–water partition coefficient (Wildman–Crippen LogP) is 2.26. The average Bonchev–Trinajstić information content (AvgIpc) is 2.74. The van der Waals surface area contributed by atoms with Crippen molar-refractivity contribution >= 4 is 5.78 Å². The average molecular weight is 200 g/mol. The van der Waals surface area contributed by atoms with Crippen LogP contribution in [0.15, 0.2) is 30.6 Å². The van der Waals surface area contributed by atoms with Crippen LogP contribution < -0.4 is 0 Å². The number of rotatable bonds is 2. The number of benzene rings is 1. The molecule has 1 heterocycles. The Hall–Kier alpha value is -1.90. The van der Waals surface area contributed by atoms with Crippen molar-refractivity contribution in [1.29, 1.82) is 0 Å². The van der Waals surface area contributed by atoms with E-state index in [1.165, 1.54) is 11.8 Å². The first-order valence-corrected chi connectivity index (χ1v) is 4.79. The maximum absolute atomic E-state index is 11.9. The molecule has 0 saturated heterocycles. The van der Waals surface area contributed by atoms with Crippen LogP contribution in [0.2, 0.25) is 0 Å². The number of carbonyl (C=O) groups is 1. The van der Waals surface area contributed by atoms with Gasteiger partial charge in [-0.25, -0.2) is 0 Å². The van der Waals surface area contributed by atoms with E-state index < -0.39 is 0 Å². The van der Waals surface area contributed by atoms with Gasteiger partial charge in [-0.1, -0.05) is 12.1 Å². The van der Waals surface area contributed by atoms with Crippen LogP contribution in [0.3, 0.4) is 0 Å². The lowest BCUT2D eigenvalue weighted by molar-refractivity contribution is 0.103. The standard InChI is InChI=1S/C12H12N2O/c1-8-3-4-10(5-9(8)2)12(15)11-6-13-14-7-11/h3-7H,1-2H3,(H,13,14). The molecule has 2 rings (SSSR count). The van der Waals surface area contributed by atoms with Crippen molar-refractivity contribution in [2.24, 2.45) is 0 Å². The number of H-pyrrole nitrogens is 1. The molecule has 0 fully saturated rings. The van der Waals surface area contributed by atoms with Gasteiger partial charge in [-0.15, -0.1) is 0 Å². The molecule has 1 aromatic carbocycles. The summed E-state index contributed by atoms with van der Waals surface area (Å²) in [6.45, 7) is 4.03. The summed E-state index contributed by atoms with van der Waals surface area (Å²) < 4.78 is 0. The van der Waals surface area contributed by atoms with Gasteiger partial charge in [0, 0.05) is 11.8 Å². The fourth-order valence-electron chi connectivity index (χ4n) is 1.42. The van der Waals surface area contributed by atoms with Crippen LogP contribution in [0.25, 0.3) is 0 Å². The predicted molar refractivity (Wildman–Crippen MR) is 57.9 cm³/mol. The monoisotopic (exact) mass is 200 g/mol. The summed E-state index contributed by atoms with van der Waals surface area (Å²) in [5.74, 6) is 0.00634. The van der Waals surface area contributed by atoms with E-state index in [2.05, 4.69) is 10.2 Å². The van der Waals surface area contributed by atoms with Crippen LogP contribution in [0.4, 0.5) is 0 Å². The quantitative estimate of drug-likeness (QED) is 0.756. The van der Waals surface area contributed by atoms with Crippen molar-refractivity contribution < 1.29 is 4.79 Å². The summed E-state index contributed by atoms with van der Waals surface area (Å²) in [6, 6.07) is 5.71. The Kier molecular flexibility index (Phi) is 2.37. The van der Waals surface area contributed by atoms with Crippen molar-refractivity contribution in [3.05, 3.63) is 52.8 Å². The minimum Gasteiger partial charge on any atom is -0.288 e. The smallest absolute Gasteiger partial charge is 0.196 e. The third-order valence-electron chi connectivity index (χ3n) is 2.53. The molecular formula is C12H12N2O. The van der Waals surface area contributed by atoms with Crippen molar-refractivity contribution in [3.8, 4) is 0 Å². The molecule has 0 unspecified atom stereocenters. The zero-order valence-corrected chi connectivity index (χ0v) is 8.74. The lowest BCUT2D eigenvalue weighted by atomic mass is 10.0. The van der Waals surface area contributed by atoms with Gasteiger partial charge in [-0.05, 0) is 31.0 Å². The van der Waals surface area contributed by atoms with E-state index in [4.69, 9.17) is 0 Å². The Morgan fingerprint density at radius 2 is 2.00 bits per heavy atom. The summed E-state index contributed by atoms with van der Waals surface area (Å²) in [4.78, 5) is 11.9. The van der Waals surface area contributed by atoms with Crippen molar-refractivity contribution in [2.75, 3.05) is 0 Å². The van der Waals surface area contributed by atoms with E-state index >= 15 is 0 Å². The summed E-state index contributed by atoms with van der Waals surface area (Å²) in [5.41, 5.74) is 3.63. The van der Waals surface area contributed by atoms with Gasteiger partial charge in [-0.2, -0.15) is 5.10 Å². The Bertz CT molecular complexity index is 486. The van der Waals surface area contributed by atoms with E-state index in [9.17, 15) is 4.79 Å². The molecule has 2 aromatic rings. The largest absolute Gasteiger partial charge is 0.288 e. The minimum absolute atomic E-state index is 0.00634. The molecule has 0 aliphatic rings. The van der Waals surface area contributed by atoms with Crippen molar-refractivity contribution in [2.45, 2.75) is 13.8 Å². The summed E-state index contributed by atoms with van der Waals surface area (Å²) >= 11 is 0. The number of carbonyl (C=O) groups excluding carboxylic acids is 1. The topological polar surface area (TPSA) is 45.8 Å². The lowest BCUT2D eigenvalue weighted by Gasteiger charge is -2.02. The number of nitrogens with zero attached hydrogens (tertiary/aromatic N) is 1. The highest BCUT2D eigenvalue weighted by atomic mass is 16.1. The van der Waals surface area contributed by atoms with Crippen molar-refractivity contribution in [1.82, 2.24) is 10.2 Å². The van der Waals surface area contributed by atoms with Gasteiger partial charge in [0.25, 0.3) is 0 Å². The molecule has 0 atom stereocenters. The third-order valence-corrected chi connectivity index (χ3v) is 2.53. The first kappa shape index (κ1) is 9.65. The van der Waals surface area contributed by atoms with Gasteiger partial charge in [-0.3, -0.25) is 9.89 Å². The van der Waals surface area contributed by atoms with E-state index in [1.807, 2.05) is 32.0 Å². The number of nitrogens with one attached hydrogen (secondary N) is 1. The molecule has 3 nitrogen and oxygen atoms in total. The van der Waals surface area contributed by atoms with Gasteiger partial charge in [0.15, 0.2) is 5.78 Å². The fourth-order valence-corrected chi connectivity index (χ4v) is 1.42. The second-order valence-corrected chi connectivity index (χ2v) is 3.62. The lowest BCUT2D eigenvalue weighted by Crippen LogP contribution is -2.00. The van der Waals surface area contributed by atoms with Crippen LogP contribution in [-0.2, 0) is 0 Å². The Morgan fingerprint density at radius 1 is 1.20 bits per heavy atom. The van der Waals surface area contributed by atoms with Gasteiger partial charge in [0.05, 0.1) is 11.8 Å². The van der Waals surface area contributed by atoms with Crippen LogP contribution in [0.1, 0.15) is 27.0 Å². The van der Waals surface area contributed by atoms with Gasteiger partial charge >= 0.3 is 0 Å². The molecular weight excluding hydrogens is 188 g/mol. The van der Waals surface area contributed by atoms with Gasteiger partial charge < -0.3 is 0 Å². The maximum atomic E-state index is 11.9. The number of aromatic nitrogens is 2. The van der Waals surface area contributed by atoms with E-state index in [-0.39, 0.29) is 5.78 Å². The second-order valence-electron chi connectivity index (χ2n) is 3.62. The van der Waals surface area contributed by atoms with Crippen LogP contribution in [-0.4, -0.2) is 16.0 Å². The van der Waals surface area contributed by atoms with Crippen LogP contribution in [0, 0.1) is 13.8 Å². The molecule has 0 amide bonds. The van der Waals surface area contributed by atoms with E-state index in [0.717, 1.165) is 5.56 Å². The fraction of sp³-hybridized carbons (Fsp3) is 0.167. The van der Waals surface area contributed by atoms with Crippen LogP contribution in [0.5, 0.6) is 0 Å². The molecule has 0 saturated carbocycles. The third kappa shape index (κ3) is 1.81. The zero-order chi connectivity index (χ0) is 10.8. The first-order valence-electron chi connectivity index (χ1n) is 4.79. The van der Waals surface area contributed by atoms with Gasteiger partial charge in [0.1, 0.15) is 0 Å². The summed E-state index contributed by atoms with van der Waals surface area (Å²) in [6.07, 6.45) is 3.15. The van der Waals surface area contributed by atoms with Gasteiger partial charge in [0.2, 0.25) is 0 Å². The number of aromatic amines is 1. The molecule has 0 aliphatic heterocycles. The summed E-state index contributed by atoms with van der Waals surface area (Å²) in [5, 5.41) is 6.40. The molecule has 76 valence electrons. The zero-order valence-electron chi connectivity index (χ0n) is 8.74. The Labute approximate surface area is 88.1 Å². The van der Waals surface area contributed by atoms with Crippen LogP contribution >= 0.6 is 0 Å². The highest BCUT2D eigenvalue weighted by Gasteiger charge is 2.10. The molecule has 0 aliphatic carbocycles. The molecule has 3 heteroatoms. The molecule has 1 aromatic heterocycles. The molecule has 0 radical (unpaired) electrons. The normalized spacial score (nSPS) is 10.3. The number of aryl methyl sites for hydroxylation is 2. The molecule has 15 heavy (non-hydrogen) atoms. The van der Waals surface area contributed by atoms with Crippen molar-refractivity contribution in [3.63, 3.8) is 0 Å². The van der Waals surface area contributed by atoms with E-state index in [0.29, 0.717) is 11.1 Å².